The van der Waals surface area contributed by atoms with E-state index in [0.717, 1.165) is 26.9 Å². The van der Waals surface area contributed by atoms with Crippen LogP contribution in [0.1, 0.15) is 19.4 Å². The zero-order valence-electron chi connectivity index (χ0n) is 11.0. The smallest absolute Gasteiger partial charge is 0.229 e. The zero-order valence-corrected chi connectivity index (χ0v) is 15.1. The normalized spacial score (nSPS) is 13.7. The van der Waals surface area contributed by atoms with Gasteiger partial charge in [-0.25, -0.2) is 21.6 Å². The van der Waals surface area contributed by atoms with Gasteiger partial charge in [0.25, 0.3) is 0 Å². The van der Waals surface area contributed by atoms with E-state index in [1.54, 1.807) is 13.0 Å². The van der Waals surface area contributed by atoms with E-state index in [9.17, 15) is 16.8 Å². The van der Waals surface area contributed by atoms with Gasteiger partial charge in [-0.2, -0.15) is 0 Å². The molecule has 1 N–H and O–H groups in total. The van der Waals surface area contributed by atoms with E-state index >= 15 is 0 Å². The summed E-state index contributed by atoms with van der Waals surface area (Å²) in [6.07, 6.45) is 1.09. The third-order valence-electron chi connectivity index (χ3n) is 2.79. The van der Waals surface area contributed by atoms with Crippen LogP contribution in [-0.4, -0.2) is 34.4 Å². The Balaban J connectivity index is 2.94. The number of halogens is 1. The summed E-state index contributed by atoms with van der Waals surface area (Å²) in [6, 6.07) is 1.55. The lowest BCUT2D eigenvalue weighted by Gasteiger charge is -2.22. The van der Waals surface area contributed by atoms with E-state index in [1.165, 1.54) is 13.8 Å². The van der Waals surface area contributed by atoms with Gasteiger partial charge in [-0.3, -0.25) is 0 Å². The molecular formula is C10H16BrNO4S3. The molecule has 1 aromatic heterocycles. The van der Waals surface area contributed by atoms with E-state index in [4.69, 9.17) is 0 Å². The topological polar surface area (TPSA) is 80.3 Å². The van der Waals surface area contributed by atoms with Gasteiger partial charge in [0.15, 0.2) is 9.84 Å². The number of thiophene rings is 1. The van der Waals surface area contributed by atoms with Gasteiger partial charge in [0.05, 0.1) is 8.53 Å². The average Bonchev–Trinajstić information content (AvgIpc) is 2.56. The molecule has 0 aromatic carbocycles. The zero-order chi connectivity index (χ0) is 15.1. The van der Waals surface area contributed by atoms with Gasteiger partial charge >= 0.3 is 0 Å². The molecule has 0 unspecified atom stereocenters. The summed E-state index contributed by atoms with van der Waals surface area (Å²) in [5.74, 6) is 0. The average molecular weight is 390 g/mol. The lowest BCUT2D eigenvalue weighted by atomic mass is 10.2. The van der Waals surface area contributed by atoms with Crippen molar-refractivity contribution in [2.24, 2.45) is 0 Å². The second kappa shape index (κ2) is 5.44. The maximum Gasteiger partial charge on any atom is 0.250 e. The lowest BCUT2D eigenvalue weighted by molar-refractivity contribution is 0.537. The van der Waals surface area contributed by atoms with Crippen molar-refractivity contribution >= 4 is 47.1 Å². The molecule has 0 spiro atoms. The molecular weight excluding hydrogens is 374 g/mol. The Bertz CT molecular complexity index is 654. The van der Waals surface area contributed by atoms with Crippen molar-refractivity contribution in [2.45, 2.75) is 29.7 Å². The van der Waals surface area contributed by atoms with Crippen molar-refractivity contribution in [3.63, 3.8) is 0 Å². The predicted octanol–water partition coefficient (Wildman–Crippen LogP) is 1.92. The minimum atomic E-state index is -3.68. The fraction of sp³-hybridized carbons (Fsp3) is 0.600. The second-order valence-corrected chi connectivity index (χ2v) is 11.9. The molecule has 9 heteroatoms. The SMILES string of the molecule is Cc1cc(S(=O)(=O)NCC(C)(C)S(C)(=O)=O)sc1Br. The van der Waals surface area contributed by atoms with Gasteiger partial charge in [-0.05, 0) is 48.3 Å². The Kier molecular flexibility index (Phi) is 4.89. The summed E-state index contributed by atoms with van der Waals surface area (Å²) in [4.78, 5) is 0. The maximum absolute atomic E-state index is 12.1. The number of hydrogen-bond acceptors (Lipinski definition) is 5. The van der Waals surface area contributed by atoms with Gasteiger partial charge in [0, 0.05) is 12.8 Å². The monoisotopic (exact) mass is 389 g/mol. The van der Waals surface area contributed by atoms with Crippen LogP contribution in [0, 0.1) is 6.92 Å². The van der Waals surface area contributed by atoms with Crippen LogP contribution >= 0.6 is 27.3 Å². The molecule has 110 valence electrons. The van der Waals surface area contributed by atoms with Crippen molar-refractivity contribution in [3.05, 3.63) is 15.4 Å². The molecule has 0 aliphatic heterocycles. The Morgan fingerprint density at radius 2 is 1.84 bits per heavy atom. The number of sulfonamides is 1. The van der Waals surface area contributed by atoms with Crippen LogP contribution in [0.3, 0.4) is 0 Å². The minimum absolute atomic E-state index is 0.164. The maximum atomic E-state index is 12.1. The summed E-state index contributed by atoms with van der Waals surface area (Å²) >= 11 is 4.36. The van der Waals surface area contributed by atoms with Gasteiger partial charge in [-0.15, -0.1) is 11.3 Å². The Morgan fingerprint density at radius 3 is 2.21 bits per heavy atom. The van der Waals surface area contributed by atoms with Crippen LogP contribution in [-0.2, 0) is 19.9 Å². The van der Waals surface area contributed by atoms with E-state index in [-0.39, 0.29) is 10.8 Å². The molecule has 1 aromatic rings. The van der Waals surface area contributed by atoms with E-state index in [2.05, 4.69) is 20.7 Å². The molecule has 0 radical (unpaired) electrons. The van der Waals surface area contributed by atoms with E-state index < -0.39 is 24.6 Å². The van der Waals surface area contributed by atoms with Crippen molar-refractivity contribution in [2.75, 3.05) is 12.8 Å². The molecule has 0 bridgehead atoms. The van der Waals surface area contributed by atoms with Crippen molar-refractivity contribution in [3.8, 4) is 0 Å². The predicted molar refractivity (Wildman–Crippen MR) is 80.9 cm³/mol. The minimum Gasteiger partial charge on any atom is -0.229 e. The largest absolute Gasteiger partial charge is 0.250 e. The van der Waals surface area contributed by atoms with E-state index in [0.29, 0.717) is 0 Å². The number of rotatable bonds is 5. The first-order valence-electron chi connectivity index (χ1n) is 5.32. The summed E-state index contributed by atoms with van der Waals surface area (Å²) in [6.45, 7) is 4.60. The first-order valence-corrected chi connectivity index (χ1v) is 10.3. The van der Waals surface area contributed by atoms with Crippen LogP contribution in [0.2, 0.25) is 0 Å². The molecule has 0 saturated carbocycles. The van der Waals surface area contributed by atoms with Crippen molar-refractivity contribution < 1.29 is 16.8 Å². The lowest BCUT2D eigenvalue weighted by Crippen LogP contribution is -2.43. The first-order chi connectivity index (χ1) is 8.37. The molecule has 19 heavy (non-hydrogen) atoms. The third kappa shape index (κ3) is 4.01. The Morgan fingerprint density at radius 1 is 1.32 bits per heavy atom. The van der Waals surface area contributed by atoms with E-state index in [1.807, 2.05) is 0 Å². The molecule has 5 nitrogen and oxygen atoms in total. The second-order valence-electron chi connectivity index (χ2n) is 4.88. The molecule has 1 heterocycles. The molecule has 1 rings (SSSR count). The van der Waals surface area contributed by atoms with Gasteiger partial charge in [0.1, 0.15) is 4.21 Å². The number of sulfone groups is 1. The molecule has 0 atom stereocenters. The first kappa shape index (κ1) is 17.1. The van der Waals surface area contributed by atoms with Crippen LogP contribution in [0.15, 0.2) is 14.1 Å². The molecule has 0 saturated heterocycles. The van der Waals surface area contributed by atoms with Gasteiger partial charge in [-0.1, -0.05) is 0 Å². The fourth-order valence-electron chi connectivity index (χ4n) is 1.04. The van der Waals surface area contributed by atoms with Crippen molar-refractivity contribution in [1.82, 2.24) is 4.72 Å². The Labute approximate surface area is 126 Å². The van der Waals surface area contributed by atoms with Crippen LogP contribution in [0.25, 0.3) is 0 Å². The summed E-state index contributed by atoms with van der Waals surface area (Å²) in [5, 5.41) is 0. The quantitative estimate of drug-likeness (QED) is 0.833. The number of aryl methyl sites for hydroxylation is 1. The molecule has 0 aliphatic rings. The van der Waals surface area contributed by atoms with Crippen LogP contribution in [0.5, 0.6) is 0 Å². The third-order valence-corrected chi connectivity index (χ3v) is 8.95. The van der Waals surface area contributed by atoms with Gasteiger partial charge in [0.2, 0.25) is 10.0 Å². The fourth-order valence-corrected chi connectivity index (χ4v) is 4.94. The standard InChI is InChI=1S/C10H16BrNO4S3/c1-7-5-8(17-9(7)11)19(15,16)12-6-10(2,3)18(4,13)14/h5,12H,6H2,1-4H3. The summed E-state index contributed by atoms with van der Waals surface area (Å²) in [5.41, 5.74) is 0.827. The highest BCUT2D eigenvalue weighted by molar-refractivity contribution is 9.11. The Hall–Kier alpha value is 0.0400. The van der Waals surface area contributed by atoms with Crippen LogP contribution < -0.4 is 4.72 Å². The summed E-state index contributed by atoms with van der Waals surface area (Å²) in [7, 11) is -7.02. The molecule has 0 fully saturated rings. The molecule has 0 amide bonds. The highest BCUT2D eigenvalue weighted by Gasteiger charge is 2.32. The number of nitrogens with one attached hydrogen (secondary N) is 1. The highest BCUT2D eigenvalue weighted by atomic mass is 79.9. The van der Waals surface area contributed by atoms with Crippen molar-refractivity contribution in [1.29, 1.82) is 0 Å². The highest BCUT2D eigenvalue weighted by Crippen LogP contribution is 2.30. The van der Waals surface area contributed by atoms with Gasteiger partial charge < -0.3 is 0 Å². The van der Waals surface area contributed by atoms with Crippen LogP contribution in [0.4, 0.5) is 0 Å². The summed E-state index contributed by atoms with van der Waals surface area (Å²) < 4.78 is 49.3. The number of hydrogen-bond donors (Lipinski definition) is 1. The molecule has 0 aliphatic carbocycles.